The molecule has 1 unspecified atom stereocenters. The van der Waals surface area contributed by atoms with Gasteiger partial charge in [0, 0.05) is 23.6 Å². The minimum atomic E-state index is 0.315. The Bertz CT molecular complexity index is 722. The van der Waals surface area contributed by atoms with Crippen molar-refractivity contribution >= 4 is 11.8 Å². The molecule has 1 fully saturated rings. The molecule has 5 N–H and O–H groups in total. The zero-order chi connectivity index (χ0) is 17.2. The van der Waals surface area contributed by atoms with Crippen LogP contribution >= 0.6 is 0 Å². The van der Waals surface area contributed by atoms with Gasteiger partial charge in [-0.05, 0) is 50.5 Å². The van der Waals surface area contributed by atoms with Crippen molar-refractivity contribution in [3.8, 4) is 0 Å². The van der Waals surface area contributed by atoms with Crippen molar-refractivity contribution in [2.45, 2.75) is 62.9 Å². The third-order valence-corrected chi connectivity index (χ3v) is 5.62. The minimum absolute atomic E-state index is 0.315. The van der Waals surface area contributed by atoms with Gasteiger partial charge in [-0.1, -0.05) is 30.3 Å². The van der Waals surface area contributed by atoms with Crippen LogP contribution < -0.4 is 16.8 Å². The molecule has 132 valence electrons. The maximum absolute atomic E-state index is 6.07. The summed E-state index contributed by atoms with van der Waals surface area (Å²) in [6.07, 6.45) is 7.65. The Hall–Kier alpha value is -2.14. The first-order valence-corrected chi connectivity index (χ1v) is 9.44. The maximum atomic E-state index is 6.07. The summed E-state index contributed by atoms with van der Waals surface area (Å²) >= 11 is 0. The predicted octanol–water partition coefficient (Wildman–Crippen LogP) is 3.21. The van der Waals surface area contributed by atoms with Crippen LogP contribution in [-0.4, -0.2) is 22.1 Å². The molecule has 0 bridgehead atoms. The highest BCUT2D eigenvalue weighted by Crippen LogP contribution is 2.38. The smallest absolute Gasteiger partial charge is 0.222 e. The normalized spacial score (nSPS) is 26.0. The summed E-state index contributed by atoms with van der Waals surface area (Å²) in [4.78, 5) is 9.20. The summed E-state index contributed by atoms with van der Waals surface area (Å²) in [6.45, 7) is 0. The maximum Gasteiger partial charge on any atom is 0.222 e. The number of nitrogens with one attached hydrogen (secondary N) is 1. The molecule has 2 aliphatic rings. The van der Waals surface area contributed by atoms with Gasteiger partial charge in [0.1, 0.15) is 5.82 Å². The molecule has 0 aliphatic heterocycles. The van der Waals surface area contributed by atoms with Gasteiger partial charge < -0.3 is 16.8 Å². The van der Waals surface area contributed by atoms with Crippen LogP contribution in [0.25, 0.3) is 0 Å². The van der Waals surface area contributed by atoms with Crippen molar-refractivity contribution in [3.63, 3.8) is 0 Å². The Morgan fingerprint density at radius 2 is 1.72 bits per heavy atom. The summed E-state index contributed by atoms with van der Waals surface area (Å²) in [6, 6.07) is 11.4. The van der Waals surface area contributed by atoms with Gasteiger partial charge in [-0.15, -0.1) is 0 Å². The number of nitrogens with zero attached hydrogens (tertiary/aromatic N) is 2. The summed E-state index contributed by atoms with van der Waals surface area (Å²) in [5.74, 6) is 1.63. The lowest BCUT2D eigenvalue weighted by Gasteiger charge is -2.30. The molecule has 5 heteroatoms. The van der Waals surface area contributed by atoms with E-state index in [1.54, 1.807) is 0 Å². The largest absolute Gasteiger partial charge is 0.368 e. The molecule has 1 heterocycles. The van der Waals surface area contributed by atoms with Crippen molar-refractivity contribution in [2.75, 3.05) is 11.1 Å². The fraction of sp³-hybridized carbons (Fsp3) is 0.500. The number of hydrogen-bond acceptors (Lipinski definition) is 5. The van der Waals surface area contributed by atoms with Crippen LogP contribution in [0.15, 0.2) is 30.3 Å². The summed E-state index contributed by atoms with van der Waals surface area (Å²) < 4.78 is 0. The number of nitrogen functional groups attached to an aromatic ring is 1. The Morgan fingerprint density at radius 3 is 2.48 bits per heavy atom. The molecule has 4 rings (SSSR count). The monoisotopic (exact) mass is 337 g/mol. The molecule has 1 atom stereocenters. The van der Waals surface area contributed by atoms with E-state index in [9.17, 15) is 0 Å². The molecule has 1 saturated carbocycles. The average Bonchev–Trinajstić information content (AvgIpc) is 2.64. The fourth-order valence-electron chi connectivity index (χ4n) is 4.26. The van der Waals surface area contributed by atoms with Crippen LogP contribution in [0.3, 0.4) is 0 Å². The van der Waals surface area contributed by atoms with Crippen molar-refractivity contribution in [1.82, 2.24) is 9.97 Å². The molecule has 2 aliphatic carbocycles. The van der Waals surface area contributed by atoms with E-state index in [1.807, 2.05) is 0 Å². The van der Waals surface area contributed by atoms with Gasteiger partial charge in [0.2, 0.25) is 5.95 Å². The first-order valence-electron chi connectivity index (χ1n) is 9.44. The number of aromatic nitrogens is 2. The second kappa shape index (κ2) is 7.00. The van der Waals surface area contributed by atoms with E-state index >= 15 is 0 Å². The highest BCUT2D eigenvalue weighted by atomic mass is 15.1. The number of nitrogens with two attached hydrogens (primary N) is 2. The van der Waals surface area contributed by atoms with Gasteiger partial charge in [-0.3, -0.25) is 0 Å². The van der Waals surface area contributed by atoms with Gasteiger partial charge >= 0.3 is 0 Å². The van der Waals surface area contributed by atoms with Crippen LogP contribution in [0.1, 0.15) is 61.3 Å². The van der Waals surface area contributed by atoms with E-state index < -0.39 is 0 Å². The van der Waals surface area contributed by atoms with Crippen LogP contribution in [0.4, 0.5) is 11.8 Å². The highest BCUT2D eigenvalue weighted by Gasteiger charge is 2.28. The third-order valence-electron chi connectivity index (χ3n) is 5.62. The van der Waals surface area contributed by atoms with Crippen LogP contribution in [0, 0.1) is 0 Å². The van der Waals surface area contributed by atoms with Gasteiger partial charge in [0.15, 0.2) is 0 Å². The Balaban J connectivity index is 1.65. The number of rotatable bonds is 3. The summed E-state index contributed by atoms with van der Waals surface area (Å²) in [5, 5.41) is 3.66. The lowest BCUT2D eigenvalue weighted by atomic mass is 9.82. The molecular formula is C20H27N5. The van der Waals surface area contributed by atoms with E-state index in [-0.39, 0.29) is 0 Å². The quantitative estimate of drug-likeness (QED) is 0.800. The zero-order valence-corrected chi connectivity index (χ0v) is 14.6. The lowest BCUT2D eigenvalue weighted by molar-refractivity contribution is 0.410. The Kier molecular flexibility index (Phi) is 4.57. The molecule has 5 nitrogen and oxygen atoms in total. The Labute approximate surface area is 149 Å². The Morgan fingerprint density at radius 1 is 0.960 bits per heavy atom. The predicted molar refractivity (Wildman–Crippen MR) is 102 cm³/mol. The van der Waals surface area contributed by atoms with Crippen molar-refractivity contribution in [2.24, 2.45) is 5.73 Å². The van der Waals surface area contributed by atoms with Gasteiger partial charge in [0.25, 0.3) is 0 Å². The van der Waals surface area contributed by atoms with Crippen molar-refractivity contribution in [3.05, 3.63) is 47.2 Å². The SMILES string of the molecule is Nc1nc(NC2CCC(N)CC2)c2c(n1)C(c1ccccc1)CCC2. The van der Waals surface area contributed by atoms with Gasteiger partial charge in [-0.25, -0.2) is 4.98 Å². The van der Waals surface area contributed by atoms with E-state index in [0.717, 1.165) is 56.5 Å². The number of anilines is 2. The molecule has 1 aromatic heterocycles. The first-order chi connectivity index (χ1) is 12.2. The first kappa shape index (κ1) is 16.3. The van der Waals surface area contributed by atoms with E-state index in [2.05, 4.69) is 45.6 Å². The number of benzene rings is 1. The van der Waals surface area contributed by atoms with Crippen LogP contribution in [0.5, 0.6) is 0 Å². The molecule has 0 spiro atoms. The average molecular weight is 337 g/mol. The second-order valence-corrected chi connectivity index (χ2v) is 7.41. The van der Waals surface area contributed by atoms with Gasteiger partial charge in [-0.2, -0.15) is 4.98 Å². The summed E-state index contributed by atoms with van der Waals surface area (Å²) in [7, 11) is 0. The zero-order valence-electron chi connectivity index (χ0n) is 14.6. The van der Waals surface area contributed by atoms with Crippen molar-refractivity contribution in [1.29, 1.82) is 0 Å². The second-order valence-electron chi connectivity index (χ2n) is 7.41. The van der Waals surface area contributed by atoms with E-state index in [4.69, 9.17) is 11.5 Å². The topological polar surface area (TPSA) is 89.8 Å². The third kappa shape index (κ3) is 3.47. The van der Waals surface area contributed by atoms with E-state index in [0.29, 0.717) is 23.9 Å². The number of hydrogen-bond donors (Lipinski definition) is 3. The number of fused-ring (bicyclic) bond motifs is 1. The molecular weight excluding hydrogens is 310 g/mol. The van der Waals surface area contributed by atoms with Crippen LogP contribution in [0.2, 0.25) is 0 Å². The van der Waals surface area contributed by atoms with Gasteiger partial charge in [0.05, 0.1) is 5.69 Å². The fourth-order valence-corrected chi connectivity index (χ4v) is 4.26. The standard InChI is InChI=1S/C20H27N5/c21-14-9-11-15(12-10-14)23-19-17-8-4-7-16(13-5-2-1-3-6-13)18(17)24-20(22)25-19/h1-3,5-6,14-16H,4,7-12,21H2,(H3,22,23,24,25). The molecule has 0 radical (unpaired) electrons. The lowest BCUT2D eigenvalue weighted by Crippen LogP contribution is -2.33. The molecule has 1 aromatic carbocycles. The summed E-state index contributed by atoms with van der Waals surface area (Å²) in [5.41, 5.74) is 15.8. The molecule has 0 saturated heterocycles. The molecule has 25 heavy (non-hydrogen) atoms. The molecule has 0 amide bonds. The van der Waals surface area contributed by atoms with Crippen LogP contribution in [-0.2, 0) is 6.42 Å². The molecule has 2 aromatic rings. The van der Waals surface area contributed by atoms with E-state index in [1.165, 1.54) is 11.1 Å². The highest BCUT2D eigenvalue weighted by molar-refractivity contribution is 5.54. The minimum Gasteiger partial charge on any atom is -0.368 e. The van der Waals surface area contributed by atoms with Crippen molar-refractivity contribution < 1.29 is 0 Å².